The van der Waals surface area contributed by atoms with Gasteiger partial charge in [0.2, 0.25) is 5.89 Å². The molecule has 1 atom stereocenters. The molecule has 3 rings (SSSR count). The Morgan fingerprint density at radius 2 is 2.04 bits per heavy atom. The molecule has 25 heavy (non-hydrogen) atoms. The first-order valence-electron chi connectivity index (χ1n) is 8.96. The van der Waals surface area contributed by atoms with E-state index in [1.807, 2.05) is 32.6 Å². The van der Waals surface area contributed by atoms with Crippen molar-refractivity contribution in [3.8, 4) is 0 Å². The Morgan fingerprint density at radius 1 is 1.24 bits per heavy atom. The van der Waals surface area contributed by atoms with Gasteiger partial charge in [-0.2, -0.15) is 5.10 Å². The predicted molar refractivity (Wildman–Crippen MR) is 94.2 cm³/mol. The van der Waals surface area contributed by atoms with Crippen LogP contribution in [0, 0.1) is 27.7 Å². The fourth-order valence-electron chi connectivity index (χ4n) is 3.57. The molecule has 0 aromatic carbocycles. The molecule has 136 valence electrons. The lowest BCUT2D eigenvalue weighted by molar-refractivity contribution is 0.174. The highest BCUT2D eigenvalue weighted by Crippen LogP contribution is 2.33. The molecule has 0 saturated carbocycles. The van der Waals surface area contributed by atoms with Crippen molar-refractivity contribution in [3.05, 3.63) is 34.3 Å². The molecule has 0 unspecified atom stereocenters. The molecular weight excluding hydrogens is 318 g/mol. The van der Waals surface area contributed by atoms with Crippen LogP contribution in [0.5, 0.6) is 0 Å². The van der Waals surface area contributed by atoms with Gasteiger partial charge in [0.25, 0.3) is 0 Å². The maximum absolute atomic E-state index is 12.9. The number of carbonyl (C=O) groups excluding carboxylic acids is 1. The number of amides is 2. The summed E-state index contributed by atoms with van der Waals surface area (Å²) in [4.78, 5) is 19.1. The molecule has 7 nitrogen and oxygen atoms in total. The third-order valence-electron chi connectivity index (χ3n) is 5.00. The van der Waals surface area contributed by atoms with E-state index in [0.717, 1.165) is 60.6 Å². The number of urea groups is 1. The van der Waals surface area contributed by atoms with Gasteiger partial charge in [0.15, 0.2) is 0 Å². The molecule has 7 heteroatoms. The third-order valence-corrected chi connectivity index (χ3v) is 5.00. The van der Waals surface area contributed by atoms with E-state index >= 15 is 0 Å². The standard InChI is InChI=1S/C18H27N5O2/c1-11-14(4)25-16(20-11)10-19-18(24)23-9-7-5-6-8-15(23)17-12(2)21-22-13(17)3/h15H,5-10H2,1-4H3,(H,19,24)(H,21,22)/t15-/m1/s1. The van der Waals surface area contributed by atoms with Crippen LogP contribution in [0.4, 0.5) is 4.79 Å². The van der Waals surface area contributed by atoms with Crippen LogP contribution in [-0.4, -0.2) is 32.7 Å². The van der Waals surface area contributed by atoms with Gasteiger partial charge in [0.05, 0.1) is 24.0 Å². The summed E-state index contributed by atoms with van der Waals surface area (Å²) in [5.74, 6) is 1.34. The number of likely N-dealkylation sites (tertiary alicyclic amines) is 1. The van der Waals surface area contributed by atoms with E-state index in [2.05, 4.69) is 20.5 Å². The number of hydrogen-bond donors (Lipinski definition) is 2. The number of H-pyrrole nitrogens is 1. The van der Waals surface area contributed by atoms with Crippen LogP contribution >= 0.6 is 0 Å². The fourth-order valence-corrected chi connectivity index (χ4v) is 3.57. The van der Waals surface area contributed by atoms with Gasteiger partial charge in [-0.15, -0.1) is 0 Å². The molecule has 1 fully saturated rings. The van der Waals surface area contributed by atoms with Gasteiger partial charge in [-0.05, 0) is 40.5 Å². The van der Waals surface area contributed by atoms with E-state index in [9.17, 15) is 4.79 Å². The molecule has 2 amide bonds. The molecule has 2 aromatic rings. The van der Waals surface area contributed by atoms with E-state index < -0.39 is 0 Å². The first-order valence-corrected chi connectivity index (χ1v) is 8.96. The molecule has 0 aliphatic carbocycles. The Balaban J connectivity index is 1.75. The number of hydrogen-bond acceptors (Lipinski definition) is 4. The average Bonchev–Trinajstić information content (AvgIpc) is 2.96. The Bertz CT molecular complexity index is 710. The van der Waals surface area contributed by atoms with Gasteiger partial charge in [-0.1, -0.05) is 12.8 Å². The number of carbonyl (C=O) groups is 1. The molecule has 0 radical (unpaired) electrons. The van der Waals surface area contributed by atoms with Crippen LogP contribution in [0.2, 0.25) is 0 Å². The SMILES string of the molecule is Cc1nc(CNC(=O)N2CCCCC[C@@H]2c2c(C)n[nH]c2C)oc1C. The zero-order valence-electron chi connectivity index (χ0n) is 15.5. The van der Waals surface area contributed by atoms with Gasteiger partial charge in [0.1, 0.15) is 5.76 Å². The second-order valence-electron chi connectivity index (χ2n) is 6.81. The summed E-state index contributed by atoms with van der Waals surface area (Å²) in [5.41, 5.74) is 4.03. The van der Waals surface area contributed by atoms with Gasteiger partial charge >= 0.3 is 6.03 Å². The largest absolute Gasteiger partial charge is 0.444 e. The first-order chi connectivity index (χ1) is 12.0. The minimum absolute atomic E-state index is 0.0642. The van der Waals surface area contributed by atoms with Gasteiger partial charge < -0.3 is 14.6 Å². The van der Waals surface area contributed by atoms with Gasteiger partial charge in [0, 0.05) is 17.8 Å². The van der Waals surface area contributed by atoms with Crippen molar-refractivity contribution in [1.82, 2.24) is 25.4 Å². The molecular formula is C18H27N5O2. The van der Waals surface area contributed by atoms with Gasteiger partial charge in [-0.25, -0.2) is 9.78 Å². The fraction of sp³-hybridized carbons (Fsp3) is 0.611. The van der Waals surface area contributed by atoms with E-state index in [4.69, 9.17) is 4.42 Å². The molecule has 0 bridgehead atoms. The summed E-state index contributed by atoms with van der Waals surface area (Å²) in [7, 11) is 0. The van der Waals surface area contributed by atoms with Crippen molar-refractivity contribution >= 4 is 6.03 Å². The number of nitrogens with zero attached hydrogens (tertiary/aromatic N) is 3. The summed E-state index contributed by atoms with van der Waals surface area (Å²) in [5, 5.41) is 10.3. The van der Waals surface area contributed by atoms with Gasteiger partial charge in [-0.3, -0.25) is 5.10 Å². The van der Waals surface area contributed by atoms with Crippen molar-refractivity contribution in [2.24, 2.45) is 0 Å². The van der Waals surface area contributed by atoms with Crippen molar-refractivity contribution in [2.45, 2.75) is 66.0 Å². The van der Waals surface area contributed by atoms with E-state index in [1.54, 1.807) is 0 Å². The number of rotatable bonds is 3. The zero-order chi connectivity index (χ0) is 18.0. The summed E-state index contributed by atoms with van der Waals surface area (Å²) in [6.07, 6.45) is 4.26. The van der Waals surface area contributed by atoms with Crippen LogP contribution < -0.4 is 5.32 Å². The van der Waals surface area contributed by atoms with Crippen LogP contribution in [-0.2, 0) is 6.54 Å². The normalized spacial score (nSPS) is 18.2. The second-order valence-corrected chi connectivity index (χ2v) is 6.81. The number of aromatic nitrogens is 3. The minimum Gasteiger partial charge on any atom is -0.444 e. The van der Waals surface area contributed by atoms with E-state index in [0.29, 0.717) is 12.4 Å². The van der Waals surface area contributed by atoms with Crippen LogP contribution in [0.3, 0.4) is 0 Å². The van der Waals surface area contributed by atoms with Crippen molar-refractivity contribution in [3.63, 3.8) is 0 Å². The Labute approximate surface area is 148 Å². The molecule has 3 heterocycles. The predicted octanol–water partition coefficient (Wildman–Crippen LogP) is 3.46. The number of aromatic amines is 1. The lowest BCUT2D eigenvalue weighted by atomic mass is 9.99. The first kappa shape index (κ1) is 17.5. The molecule has 2 aromatic heterocycles. The van der Waals surface area contributed by atoms with Crippen molar-refractivity contribution in [1.29, 1.82) is 0 Å². The molecule has 1 aliphatic heterocycles. The van der Waals surface area contributed by atoms with Crippen molar-refractivity contribution in [2.75, 3.05) is 6.54 Å². The molecule has 2 N–H and O–H groups in total. The van der Waals surface area contributed by atoms with Crippen LogP contribution in [0.15, 0.2) is 4.42 Å². The highest BCUT2D eigenvalue weighted by atomic mass is 16.4. The quantitative estimate of drug-likeness (QED) is 0.892. The summed E-state index contributed by atoms with van der Waals surface area (Å²) >= 11 is 0. The van der Waals surface area contributed by atoms with E-state index in [-0.39, 0.29) is 12.1 Å². The molecule has 1 saturated heterocycles. The second kappa shape index (κ2) is 7.29. The van der Waals surface area contributed by atoms with Crippen LogP contribution in [0.25, 0.3) is 0 Å². The smallest absolute Gasteiger partial charge is 0.318 e. The Hall–Kier alpha value is -2.31. The highest BCUT2D eigenvalue weighted by molar-refractivity contribution is 5.74. The maximum Gasteiger partial charge on any atom is 0.318 e. The molecule has 0 spiro atoms. The zero-order valence-corrected chi connectivity index (χ0v) is 15.5. The van der Waals surface area contributed by atoms with E-state index in [1.165, 1.54) is 0 Å². The number of oxazole rings is 1. The topological polar surface area (TPSA) is 87.0 Å². The summed E-state index contributed by atoms with van der Waals surface area (Å²) in [6.45, 7) is 8.86. The third kappa shape index (κ3) is 3.70. The lowest BCUT2D eigenvalue weighted by Crippen LogP contribution is -2.42. The number of nitrogens with one attached hydrogen (secondary N) is 2. The number of aryl methyl sites for hydroxylation is 4. The Morgan fingerprint density at radius 3 is 2.68 bits per heavy atom. The minimum atomic E-state index is -0.0691. The van der Waals surface area contributed by atoms with Crippen LogP contribution in [0.1, 0.15) is 66.0 Å². The average molecular weight is 345 g/mol. The van der Waals surface area contributed by atoms with Crippen molar-refractivity contribution < 1.29 is 9.21 Å². The lowest BCUT2D eigenvalue weighted by Gasteiger charge is -2.30. The molecule has 1 aliphatic rings. The summed E-state index contributed by atoms with van der Waals surface area (Å²) < 4.78 is 5.55. The Kier molecular flexibility index (Phi) is 5.11. The highest BCUT2D eigenvalue weighted by Gasteiger charge is 2.30. The summed E-state index contributed by atoms with van der Waals surface area (Å²) in [6, 6.07) is -0.00492. The monoisotopic (exact) mass is 345 g/mol. The maximum atomic E-state index is 12.9.